The average Bonchev–Trinajstić information content (AvgIpc) is 2.05. The lowest BCUT2D eigenvalue weighted by molar-refractivity contribution is 0.330. The van der Waals surface area contributed by atoms with Crippen LogP contribution in [0, 0.1) is 0 Å². The highest BCUT2D eigenvalue weighted by molar-refractivity contribution is 7.79. The topological polar surface area (TPSA) is 59.4 Å². The third-order valence-corrected chi connectivity index (χ3v) is 1.92. The minimum Gasteiger partial charge on any atom is -0.492 e. The van der Waals surface area contributed by atoms with Crippen molar-refractivity contribution in [2.24, 2.45) is 0 Å². The van der Waals surface area contributed by atoms with Crippen LogP contribution in [0.5, 0.6) is 5.75 Å². The lowest BCUT2D eigenvalue weighted by Gasteiger charge is -2.04. The van der Waals surface area contributed by atoms with Gasteiger partial charge in [0.2, 0.25) is 0 Å². The zero-order valence-corrected chi connectivity index (χ0v) is 7.37. The zero-order chi connectivity index (χ0) is 8.97. The highest BCUT2D eigenvalue weighted by Crippen LogP contribution is 2.18. The Kier molecular flexibility index (Phi) is 3.19. The fourth-order valence-corrected chi connectivity index (χ4v) is 1.22. The van der Waals surface area contributed by atoms with Crippen molar-refractivity contribution in [3.63, 3.8) is 0 Å². The lowest BCUT2D eigenvalue weighted by Crippen LogP contribution is -1.98. The maximum Gasteiger partial charge on any atom is 0.191 e. The second-order valence-electron chi connectivity index (χ2n) is 2.00. The van der Waals surface area contributed by atoms with Gasteiger partial charge in [0, 0.05) is 12.4 Å². The molecule has 1 aromatic rings. The van der Waals surface area contributed by atoms with Gasteiger partial charge in [0.15, 0.2) is 11.1 Å². The summed E-state index contributed by atoms with van der Waals surface area (Å²) in [5.74, 6) is 0.410. The highest BCUT2D eigenvalue weighted by Gasteiger charge is 2.07. The molecule has 0 saturated heterocycles. The quantitative estimate of drug-likeness (QED) is 0.719. The van der Waals surface area contributed by atoms with Gasteiger partial charge in [0.05, 0.1) is 6.61 Å². The minimum absolute atomic E-state index is 0.208. The first-order valence-electron chi connectivity index (χ1n) is 3.43. The molecule has 0 aromatic carbocycles. The molecule has 0 saturated carbocycles. The SMILES string of the molecule is CCOc1ccncc1S(=O)O. The Morgan fingerprint density at radius 2 is 2.50 bits per heavy atom. The molecule has 0 aliphatic carbocycles. The minimum atomic E-state index is -2.03. The van der Waals surface area contributed by atoms with Gasteiger partial charge in [-0.25, -0.2) is 4.21 Å². The summed E-state index contributed by atoms with van der Waals surface area (Å²) in [7, 11) is 0. The van der Waals surface area contributed by atoms with E-state index in [-0.39, 0.29) is 4.90 Å². The van der Waals surface area contributed by atoms with E-state index in [9.17, 15) is 4.21 Å². The fraction of sp³-hybridized carbons (Fsp3) is 0.286. The van der Waals surface area contributed by atoms with Crippen molar-refractivity contribution in [3.8, 4) is 5.75 Å². The molecule has 0 bridgehead atoms. The lowest BCUT2D eigenvalue weighted by atomic mass is 10.4. The van der Waals surface area contributed by atoms with Crippen LogP contribution in [0.1, 0.15) is 6.92 Å². The van der Waals surface area contributed by atoms with Gasteiger partial charge in [0.1, 0.15) is 10.6 Å². The van der Waals surface area contributed by atoms with Crippen LogP contribution in [0.25, 0.3) is 0 Å². The van der Waals surface area contributed by atoms with E-state index in [0.717, 1.165) is 0 Å². The maximum absolute atomic E-state index is 10.7. The molecule has 0 radical (unpaired) electrons. The summed E-state index contributed by atoms with van der Waals surface area (Å²) >= 11 is -2.03. The molecular weight excluding hydrogens is 178 g/mol. The summed E-state index contributed by atoms with van der Waals surface area (Å²) in [6, 6.07) is 1.56. The number of hydrogen-bond donors (Lipinski definition) is 1. The molecule has 1 atom stereocenters. The van der Waals surface area contributed by atoms with E-state index in [2.05, 4.69) is 4.98 Å². The third-order valence-electron chi connectivity index (χ3n) is 1.23. The summed E-state index contributed by atoms with van der Waals surface area (Å²) in [6.45, 7) is 2.28. The number of ether oxygens (including phenoxy) is 1. The van der Waals surface area contributed by atoms with Gasteiger partial charge in [0.25, 0.3) is 0 Å². The Bertz CT molecular complexity index is 290. The second-order valence-corrected chi connectivity index (χ2v) is 2.94. The Morgan fingerprint density at radius 3 is 3.08 bits per heavy atom. The van der Waals surface area contributed by atoms with E-state index >= 15 is 0 Å². The molecule has 0 aliphatic rings. The van der Waals surface area contributed by atoms with Crippen LogP contribution < -0.4 is 4.74 Å². The number of pyridine rings is 1. The summed E-state index contributed by atoms with van der Waals surface area (Å²) in [5, 5.41) is 0. The molecule has 1 unspecified atom stereocenters. The van der Waals surface area contributed by atoms with Crippen LogP contribution in [0.2, 0.25) is 0 Å². The molecule has 1 heterocycles. The molecule has 1 aromatic heterocycles. The van der Waals surface area contributed by atoms with Crippen molar-refractivity contribution in [3.05, 3.63) is 18.5 Å². The number of nitrogens with zero attached hydrogens (tertiary/aromatic N) is 1. The Balaban J connectivity index is 3.00. The Labute approximate surface area is 72.9 Å². The van der Waals surface area contributed by atoms with Crippen molar-refractivity contribution >= 4 is 11.1 Å². The molecule has 0 fully saturated rings. The fourth-order valence-electron chi connectivity index (χ4n) is 0.773. The highest BCUT2D eigenvalue weighted by atomic mass is 32.2. The van der Waals surface area contributed by atoms with Gasteiger partial charge in [-0.2, -0.15) is 0 Å². The van der Waals surface area contributed by atoms with E-state index in [1.165, 1.54) is 12.4 Å². The van der Waals surface area contributed by atoms with E-state index in [1.807, 2.05) is 6.92 Å². The first-order chi connectivity index (χ1) is 5.75. The average molecular weight is 187 g/mol. The number of hydrogen-bond acceptors (Lipinski definition) is 3. The van der Waals surface area contributed by atoms with Gasteiger partial charge in [-0.3, -0.25) is 4.98 Å². The molecule has 0 spiro atoms. The van der Waals surface area contributed by atoms with Gasteiger partial charge in [-0.15, -0.1) is 0 Å². The number of aromatic nitrogens is 1. The van der Waals surface area contributed by atoms with Crippen LogP contribution >= 0.6 is 0 Å². The predicted octanol–water partition coefficient (Wildman–Crippen LogP) is 1.06. The number of rotatable bonds is 3. The van der Waals surface area contributed by atoms with E-state index < -0.39 is 11.1 Å². The Hall–Kier alpha value is -0.940. The molecule has 5 heteroatoms. The van der Waals surface area contributed by atoms with E-state index in [4.69, 9.17) is 9.29 Å². The molecule has 1 N–H and O–H groups in total. The van der Waals surface area contributed by atoms with Crippen molar-refractivity contribution in [2.75, 3.05) is 6.61 Å². The van der Waals surface area contributed by atoms with E-state index in [0.29, 0.717) is 12.4 Å². The molecule has 66 valence electrons. The molecule has 0 amide bonds. The van der Waals surface area contributed by atoms with Crippen molar-refractivity contribution in [1.82, 2.24) is 4.98 Å². The largest absolute Gasteiger partial charge is 0.492 e. The first-order valence-corrected chi connectivity index (χ1v) is 4.54. The smallest absolute Gasteiger partial charge is 0.191 e. The maximum atomic E-state index is 10.7. The first kappa shape index (κ1) is 9.15. The van der Waals surface area contributed by atoms with Gasteiger partial charge in [-0.05, 0) is 13.0 Å². The normalized spacial score (nSPS) is 12.5. The second kappa shape index (κ2) is 4.18. The standard InChI is InChI=1S/C7H9NO3S/c1-2-11-6-3-4-8-5-7(6)12(9)10/h3-5H,2H2,1H3,(H,9,10). The van der Waals surface area contributed by atoms with Crippen LogP contribution in [0.15, 0.2) is 23.4 Å². The predicted molar refractivity (Wildman–Crippen MR) is 44.4 cm³/mol. The summed E-state index contributed by atoms with van der Waals surface area (Å²) in [6.07, 6.45) is 2.84. The van der Waals surface area contributed by atoms with Crippen molar-refractivity contribution < 1.29 is 13.5 Å². The van der Waals surface area contributed by atoms with Gasteiger partial charge in [-0.1, -0.05) is 0 Å². The molecule has 12 heavy (non-hydrogen) atoms. The Morgan fingerprint density at radius 1 is 1.75 bits per heavy atom. The molecule has 4 nitrogen and oxygen atoms in total. The van der Waals surface area contributed by atoms with Crippen LogP contribution in [0.3, 0.4) is 0 Å². The van der Waals surface area contributed by atoms with Crippen LogP contribution in [-0.4, -0.2) is 20.4 Å². The monoisotopic (exact) mass is 187 g/mol. The summed E-state index contributed by atoms with van der Waals surface area (Å²) in [5.41, 5.74) is 0. The van der Waals surface area contributed by atoms with Crippen LogP contribution in [-0.2, 0) is 11.1 Å². The zero-order valence-electron chi connectivity index (χ0n) is 6.56. The van der Waals surface area contributed by atoms with Gasteiger partial charge >= 0.3 is 0 Å². The molecule has 1 rings (SSSR count). The molecular formula is C7H9NO3S. The third kappa shape index (κ3) is 2.02. The van der Waals surface area contributed by atoms with Crippen LogP contribution in [0.4, 0.5) is 0 Å². The molecule has 0 aliphatic heterocycles. The van der Waals surface area contributed by atoms with Crippen molar-refractivity contribution in [1.29, 1.82) is 0 Å². The van der Waals surface area contributed by atoms with Gasteiger partial charge < -0.3 is 9.29 Å². The summed E-state index contributed by atoms with van der Waals surface area (Å²) in [4.78, 5) is 3.92. The van der Waals surface area contributed by atoms with E-state index in [1.54, 1.807) is 6.07 Å². The van der Waals surface area contributed by atoms with Crippen molar-refractivity contribution in [2.45, 2.75) is 11.8 Å². The summed E-state index contributed by atoms with van der Waals surface area (Å²) < 4.78 is 24.6.